The molecule has 2 heteroatoms. The van der Waals surface area contributed by atoms with Gasteiger partial charge in [-0.2, -0.15) is 0 Å². The van der Waals surface area contributed by atoms with E-state index in [1.165, 1.54) is 18.9 Å². The van der Waals surface area contributed by atoms with Crippen LogP contribution in [0.3, 0.4) is 0 Å². The van der Waals surface area contributed by atoms with Crippen LogP contribution >= 0.6 is 0 Å². The molecule has 1 saturated carbocycles. The lowest BCUT2D eigenvalue weighted by Crippen LogP contribution is -2.35. The number of carboxylic acid groups (broad SMARTS) is 1. The van der Waals surface area contributed by atoms with Crippen molar-refractivity contribution in [2.75, 3.05) is 0 Å². The Morgan fingerprint density at radius 1 is 1.44 bits per heavy atom. The standard InChI is InChI=1S/C14H24O2/c1-10(2)12-6-5-11(3)9-14(12,4)8-7-13(15)16/h7-8,10-12H,5-6,9H2,1-4H3,(H,15,16). The minimum Gasteiger partial charge on any atom is -0.478 e. The Morgan fingerprint density at radius 2 is 2.06 bits per heavy atom. The monoisotopic (exact) mass is 224 g/mol. The van der Waals surface area contributed by atoms with Gasteiger partial charge in [-0.3, -0.25) is 0 Å². The highest BCUT2D eigenvalue weighted by Gasteiger charge is 2.38. The smallest absolute Gasteiger partial charge is 0.327 e. The van der Waals surface area contributed by atoms with Crippen LogP contribution < -0.4 is 0 Å². The molecule has 3 atom stereocenters. The van der Waals surface area contributed by atoms with Crippen LogP contribution in [0.4, 0.5) is 0 Å². The van der Waals surface area contributed by atoms with Gasteiger partial charge in [-0.15, -0.1) is 0 Å². The third kappa shape index (κ3) is 3.10. The van der Waals surface area contributed by atoms with E-state index < -0.39 is 5.97 Å². The van der Waals surface area contributed by atoms with E-state index >= 15 is 0 Å². The Kier molecular flexibility index (Phi) is 4.17. The van der Waals surface area contributed by atoms with E-state index in [1.54, 1.807) is 0 Å². The van der Waals surface area contributed by atoms with Crippen molar-refractivity contribution in [3.05, 3.63) is 12.2 Å². The molecule has 92 valence electrons. The summed E-state index contributed by atoms with van der Waals surface area (Å²) in [5.41, 5.74) is 0.0597. The fourth-order valence-corrected chi connectivity index (χ4v) is 3.35. The van der Waals surface area contributed by atoms with Crippen LogP contribution in [0.5, 0.6) is 0 Å². The molecule has 0 bridgehead atoms. The maximum Gasteiger partial charge on any atom is 0.327 e. The van der Waals surface area contributed by atoms with Crippen molar-refractivity contribution in [2.45, 2.75) is 47.0 Å². The van der Waals surface area contributed by atoms with Crippen LogP contribution in [0.2, 0.25) is 0 Å². The average Bonchev–Trinajstić information content (AvgIpc) is 2.14. The van der Waals surface area contributed by atoms with Gasteiger partial charge in [0.25, 0.3) is 0 Å². The molecule has 16 heavy (non-hydrogen) atoms. The lowest BCUT2D eigenvalue weighted by Gasteiger charge is -2.44. The highest BCUT2D eigenvalue weighted by Crippen LogP contribution is 2.47. The van der Waals surface area contributed by atoms with E-state index in [0.717, 1.165) is 6.42 Å². The first kappa shape index (κ1) is 13.3. The van der Waals surface area contributed by atoms with Gasteiger partial charge in [0.05, 0.1) is 0 Å². The maximum atomic E-state index is 10.7. The van der Waals surface area contributed by atoms with Crippen molar-refractivity contribution in [3.63, 3.8) is 0 Å². The van der Waals surface area contributed by atoms with Gasteiger partial charge in [0.1, 0.15) is 0 Å². The molecule has 0 heterocycles. The van der Waals surface area contributed by atoms with E-state index in [4.69, 9.17) is 5.11 Å². The summed E-state index contributed by atoms with van der Waals surface area (Å²) in [6.45, 7) is 8.97. The van der Waals surface area contributed by atoms with Gasteiger partial charge >= 0.3 is 5.97 Å². The molecule has 0 spiro atoms. The first-order valence-corrected chi connectivity index (χ1v) is 6.27. The predicted octanol–water partition coefficient (Wildman–Crippen LogP) is 3.73. The number of hydrogen-bond acceptors (Lipinski definition) is 1. The van der Waals surface area contributed by atoms with Gasteiger partial charge in [0, 0.05) is 6.08 Å². The van der Waals surface area contributed by atoms with Crippen molar-refractivity contribution < 1.29 is 9.90 Å². The minimum atomic E-state index is -0.832. The molecule has 1 rings (SSSR count). The van der Waals surface area contributed by atoms with Crippen molar-refractivity contribution in [1.29, 1.82) is 0 Å². The molecule has 1 N–H and O–H groups in total. The molecule has 0 amide bonds. The largest absolute Gasteiger partial charge is 0.478 e. The van der Waals surface area contributed by atoms with Crippen molar-refractivity contribution in [2.24, 2.45) is 23.2 Å². The lowest BCUT2D eigenvalue weighted by atomic mass is 9.61. The molecule has 1 aliphatic rings. The number of rotatable bonds is 3. The molecule has 3 unspecified atom stereocenters. The Morgan fingerprint density at radius 3 is 2.56 bits per heavy atom. The van der Waals surface area contributed by atoms with Crippen LogP contribution in [0.25, 0.3) is 0 Å². The zero-order valence-electron chi connectivity index (χ0n) is 10.9. The minimum absolute atomic E-state index is 0.0597. The predicted molar refractivity (Wildman–Crippen MR) is 66.2 cm³/mol. The number of allylic oxidation sites excluding steroid dienone is 1. The first-order chi connectivity index (χ1) is 7.35. The van der Waals surface area contributed by atoms with Gasteiger partial charge in [0.15, 0.2) is 0 Å². The van der Waals surface area contributed by atoms with Gasteiger partial charge < -0.3 is 5.11 Å². The molecular formula is C14H24O2. The fourth-order valence-electron chi connectivity index (χ4n) is 3.35. The summed E-state index contributed by atoms with van der Waals surface area (Å²) >= 11 is 0. The normalized spacial score (nSPS) is 35.8. The van der Waals surface area contributed by atoms with Gasteiger partial charge in [-0.25, -0.2) is 4.79 Å². The summed E-state index contributed by atoms with van der Waals surface area (Å²) in [6.07, 6.45) is 6.86. The lowest BCUT2D eigenvalue weighted by molar-refractivity contribution is -0.131. The Labute approximate surface area is 98.7 Å². The van der Waals surface area contributed by atoms with E-state index in [-0.39, 0.29) is 5.41 Å². The Balaban J connectivity index is 2.87. The van der Waals surface area contributed by atoms with E-state index in [2.05, 4.69) is 27.7 Å². The average molecular weight is 224 g/mol. The second kappa shape index (κ2) is 5.03. The van der Waals surface area contributed by atoms with Gasteiger partial charge in [-0.1, -0.05) is 40.2 Å². The number of carboxylic acids is 1. The molecule has 0 aromatic heterocycles. The van der Waals surface area contributed by atoms with E-state index in [0.29, 0.717) is 17.8 Å². The molecule has 1 fully saturated rings. The second-order valence-corrected chi connectivity index (χ2v) is 5.91. The molecule has 0 aromatic carbocycles. The molecule has 0 aromatic rings. The first-order valence-electron chi connectivity index (χ1n) is 6.27. The zero-order valence-corrected chi connectivity index (χ0v) is 10.9. The number of carbonyl (C=O) groups is 1. The Bertz CT molecular complexity index is 280. The second-order valence-electron chi connectivity index (χ2n) is 5.91. The van der Waals surface area contributed by atoms with E-state index in [9.17, 15) is 4.79 Å². The molecule has 1 aliphatic carbocycles. The third-order valence-electron chi connectivity index (χ3n) is 4.02. The van der Waals surface area contributed by atoms with E-state index in [1.807, 2.05) is 6.08 Å². The molecule has 0 radical (unpaired) electrons. The highest BCUT2D eigenvalue weighted by atomic mass is 16.4. The molecule has 0 aliphatic heterocycles. The SMILES string of the molecule is CC1CCC(C(C)C)C(C)(C=CC(=O)O)C1. The van der Waals surface area contributed by atoms with Gasteiger partial charge in [-0.05, 0) is 36.0 Å². The number of aliphatic carboxylic acids is 1. The molecule has 0 saturated heterocycles. The van der Waals surface area contributed by atoms with Crippen molar-refractivity contribution in [3.8, 4) is 0 Å². The van der Waals surface area contributed by atoms with Crippen LogP contribution in [0.1, 0.15) is 47.0 Å². The quantitative estimate of drug-likeness (QED) is 0.742. The molecular weight excluding hydrogens is 200 g/mol. The van der Waals surface area contributed by atoms with Crippen LogP contribution in [0.15, 0.2) is 12.2 Å². The Hall–Kier alpha value is -0.790. The summed E-state index contributed by atoms with van der Waals surface area (Å²) in [5, 5.41) is 8.76. The summed E-state index contributed by atoms with van der Waals surface area (Å²) in [5.74, 6) is 1.11. The zero-order chi connectivity index (χ0) is 12.3. The number of hydrogen-bond donors (Lipinski definition) is 1. The maximum absolute atomic E-state index is 10.7. The third-order valence-corrected chi connectivity index (χ3v) is 4.02. The summed E-state index contributed by atoms with van der Waals surface area (Å²) in [7, 11) is 0. The summed E-state index contributed by atoms with van der Waals surface area (Å²) in [4.78, 5) is 10.7. The van der Waals surface area contributed by atoms with Gasteiger partial charge in [0.2, 0.25) is 0 Å². The molecule has 2 nitrogen and oxygen atoms in total. The van der Waals surface area contributed by atoms with Crippen LogP contribution in [0, 0.1) is 23.2 Å². The van der Waals surface area contributed by atoms with Crippen molar-refractivity contribution in [1.82, 2.24) is 0 Å². The summed E-state index contributed by atoms with van der Waals surface area (Å²) in [6, 6.07) is 0. The summed E-state index contributed by atoms with van der Waals surface area (Å²) < 4.78 is 0. The topological polar surface area (TPSA) is 37.3 Å². The fraction of sp³-hybridized carbons (Fsp3) is 0.786. The van der Waals surface area contributed by atoms with Crippen LogP contribution in [-0.2, 0) is 4.79 Å². The van der Waals surface area contributed by atoms with Crippen LogP contribution in [-0.4, -0.2) is 11.1 Å². The van der Waals surface area contributed by atoms with Crippen molar-refractivity contribution >= 4 is 5.97 Å². The highest BCUT2D eigenvalue weighted by molar-refractivity contribution is 5.79.